The molecule has 0 atom stereocenters. The summed E-state index contributed by atoms with van der Waals surface area (Å²) in [6, 6.07) is 0. The number of hydrogen-bond acceptors (Lipinski definition) is 0. The highest BCUT2D eigenvalue weighted by atomic mass is 27.2. The topological polar surface area (TPSA) is 0 Å². The molecule has 0 fully saturated rings. The normalized spacial score (nSPS) is 11.8. The molecule has 0 saturated carbocycles. The molecule has 0 aliphatic heterocycles. The molecule has 0 aliphatic rings. The monoisotopic (exact) mass is 198 g/mol. The Morgan fingerprint density at radius 3 is 1.54 bits per heavy atom. The van der Waals surface area contributed by atoms with Crippen molar-refractivity contribution in [2.75, 3.05) is 0 Å². The van der Waals surface area contributed by atoms with Crippen molar-refractivity contribution < 1.29 is 0 Å². The van der Waals surface area contributed by atoms with Gasteiger partial charge >= 0.3 is 0 Å². The van der Waals surface area contributed by atoms with E-state index in [4.69, 9.17) is 0 Å². The van der Waals surface area contributed by atoms with Gasteiger partial charge < -0.3 is 0 Å². The lowest BCUT2D eigenvalue weighted by Crippen LogP contribution is -2.30. The SMILES string of the molecule is CCC[C](CC)(CC)[Al]([CH2]C)[CH2]C. The Hall–Kier alpha value is 0.532. The van der Waals surface area contributed by atoms with Crippen molar-refractivity contribution in [2.24, 2.45) is 0 Å². The standard InChI is InChI=1S/C8H17.2C2H5.Al/c1-4-7-8(5-2)6-3;2*1-2;/h4-7H2,1-3H3;2*1H2,2H3;. The van der Waals surface area contributed by atoms with Gasteiger partial charge in [0.1, 0.15) is 0 Å². The van der Waals surface area contributed by atoms with Crippen LogP contribution in [0, 0.1) is 0 Å². The van der Waals surface area contributed by atoms with E-state index in [-0.39, 0.29) is 0 Å². The average Bonchev–Trinajstić information content (AvgIpc) is 2.18. The number of rotatable bonds is 7. The predicted octanol–water partition coefficient (Wildman–Crippen LogP) is 4.88. The summed E-state index contributed by atoms with van der Waals surface area (Å²) < 4.78 is 0.790. The Kier molecular flexibility index (Phi) is 7.19. The maximum absolute atomic E-state index is 2.41. The lowest BCUT2D eigenvalue weighted by atomic mass is 9.96. The highest BCUT2D eigenvalue weighted by Gasteiger charge is 2.36. The molecule has 0 bridgehead atoms. The molecule has 0 rings (SSSR count). The van der Waals surface area contributed by atoms with Crippen molar-refractivity contribution in [2.45, 2.75) is 75.1 Å². The lowest BCUT2D eigenvalue weighted by Gasteiger charge is -2.36. The Balaban J connectivity index is 4.50. The van der Waals surface area contributed by atoms with E-state index >= 15 is 0 Å². The Bertz CT molecular complexity index is 112. The fraction of sp³-hybridized carbons (Fsp3) is 1.00. The third-order valence-electron chi connectivity index (χ3n) is 4.01. The Morgan fingerprint density at radius 2 is 1.31 bits per heavy atom. The van der Waals surface area contributed by atoms with E-state index in [9.17, 15) is 0 Å². The zero-order valence-corrected chi connectivity index (χ0v) is 11.5. The first-order valence-electron chi connectivity index (χ1n) is 6.20. The van der Waals surface area contributed by atoms with Crippen molar-refractivity contribution in [3.05, 3.63) is 0 Å². The van der Waals surface area contributed by atoms with Crippen LogP contribution in [0.2, 0.25) is 14.8 Å². The largest absolute Gasteiger partial charge is 0.269 e. The molecular weight excluding hydrogens is 171 g/mol. The van der Waals surface area contributed by atoms with Crippen molar-refractivity contribution in [1.82, 2.24) is 0 Å². The van der Waals surface area contributed by atoms with Crippen LogP contribution >= 0.6 is 0 Å². The second kappa shape index (κ2) is 6.91. The first kappa shape index (κ1) is 13.5. The van der Waals surface area contributed by atoms with Gasteiger partial charge in [0.05, 0.1) is 0 Å². The van der Waals surface area contributed by atoms with E-state index < -0.39 is 14.1 Å². The molecule has 0 unspecified atom stereocenters. The lowest BCUT2D eigenvalue weighted by molar-refractivity contribution is 0.458. The summed E-state index contributed by atoms with van der Waals surface area (Å²) in [6.07, 6.45) is 5.72. The molecular formula is C12H27Al. The second-order valence-corrected chi connectivity index (χ2v) is 8.58. The molecule has 0 N–H and O–H groups in total. The highest BCUT2D eigenvalue weighted by Crippen LogP contribution is 2.45. The van der Waals surface area contributed by atoms with E-state index in [2.05, 4.69) is 34.6 Å². The molecule has 0 aromatic carbocycles. The van der Waals surface area contributed by atoms with Crippen molar-refractivity contribution in [1.29, 1.82) is 0 Å². The summed E-state index contributed by atoms with van der Waals surface area (Å²) in [5, 5.41) is 3.00. The fourth-order valence-electron chi connectivity index (χ4n) is 3.04. The molecule has 0 aliphatic carbocycles. The zero-order chi connectivity index (χ0) is 10.3. The third-order valence-corrected chi connectivity index (χ3v) is 8.82. The molecule has 0 heterocycles. The van der Waals surface area contributed by atoms with Gasteiger partial charge in [0.2, 0.25) is 0 Å². The molecule has 13 heavy (non-hydrogen) atoms. The highest BCUT2D eigenvalue weighted by molar-refractivity contribution is 6.62. The molecule has 0 aromatic rings. The maximum atomic E-state index is 2.41. The first-order chi connectivity index (χ1) is 6.20. The fourth-order valence-corrected chi connectivity index (χ4v) is 7.20. The van der Waals surface area contributed by atoms with Gasteiger partial charge in [0, 0.05) is 0 Å². The average molecular weight is 198 g/mol. The summed E-state index contributed by atoms with van der Waals surface area (Å²) in [7, 11) is 0. The van der Waals surface area contributed by atoms with Crippen LogP contribution in [0.4, 0.5) is 0 Å². The van der Waals surface area contributed by atoms with Crippen LogP contribution in [-0.2, 0) is 0 Å². The summed E-state index contributed by atoms with van der Waals surface area (Å²) >= 11 is -0.461. The summed E-state index contributed by atoms with van der Waals surface area (Å²) in [6.45, 7) is 12.0. The first-order valence-corrected chi connectivity index (χ1v) is 8.41. The van der Waals surface area contributed by atoms with Crippen molar-refractivity contribution >= 4 is 14.1 Å². The molecule has 1 heteroatoms. The van der Waals surface area contributed by atoms with Crippen LogP contribution in [0.25, 0.3) is 0 Å². The minimum Gasteiger partial charge on any atom is -0.0964 e. The second-order valence-electron chi connectivity index (χ2n) is 4.33. The summed E-state index contributed by atoms with van der Waals surface area (Å²) in [5.74, 6) is 0. The van der Waals surface area contributed by atoms with Crippen LogP contribution in [-0.4, -0.2) is 14.1 Å². The quantitative estimate of drug-likeness (QED) is 0.511. The number of hydrogen-bond donors (Lipinski definition) is 0. The third kappa shape index (κ3) is 3.30. The van der Waals surface area contributed by atoms with E-state index in [1.807, 2.05) is 0 Å². The van der Waals surface area contributed by atoms with Gasteiger partial charge in [-0.3, -0.25) is 0 Å². The maximum Gasteiger partial charge on any atom is 0.269 e. The molecule has 0 nitrogen and oxygen atoms in total. The van der Waals surface area contributed by atoms with Crippen LogP contribution in [0.1, 0.15) is 60.3 Å². The van der Waals surface area contributed by atoms with Gasteiger partial charge in [0.15, 0.2) is 0 Å². The summed E-state index contributed by atoms with van der Waals surface area (Å²) in [4.78, 5) is 0. The van der Waals surface area contributed by atoms with Crippen LogP contribution in [0.3, 0.4) is 0 Å². The van der Waals surface area contributed by atoms with E-state index in [1.54, 1.807) is 0 Å². The molecule has 0 amide bonds. The summed E-state index contributed by atoms with van der Waals surface area (Å²) in [5.41, 5.74) is 0. The van der Waals surface area contributed by atoms with Gasteiger partial charge in [-0.05, 0) is 0 Å². The minimum atomic E-state index is -0.461. The smallest absolute Gasteiger partial charge is 0.0964 e. The van der Waals surface area contributed by atoms with E-state index in [1.165, 1.54) is 36.2 Å². The van der Waals surface area contributed by atoms with E-state index in [0.29, 0.717) is 0 Å². The van der Waals surface area contributed by atoms with Crippen LogP contribution in [0.5, 0.6) is 0 Å². The molecule has 0 saturated heterocycles. The molecule has 0 spiro atoms. The van der Waals surface area contributed by atoms with Crippen LogP contribution in [0.15, 0.2) is 0 Å². The predicted molar refractivity (Wildman–Crippen MR) is 64.9 cm³/mol. The molecule has 78 valence electrons. The Morgan fingerprint density at radius 1 is 0.846 bits per heavy atom. The zero-order valence-electron chi connectivity index (χ0n) is 10.3. The molecule has 0 aromatic heterocycles. The van der Waals surface area contributed by atoms with Crippen LogP contribution < -0.4 is 0 Å². The van der Waals surface area contributed by atoms with Gasteiger partial charge in [-0.15, -0.1) is 0 Å². The van der Waals surface area contributed by atoms with Gasteiger partial charge in [0.25, 0.3) is 14.1 Å². The minimum absolute atomic E-state index is 0.461. The van der Waals surface area contributed by atoms with Gasteiger partial charge in [-0.2, -0.15) is 0 Å². The van der Waals surface area contributed by atoms with Crippen molar-refractivity contribution in [3.8, 4) is 0 Å². The van der Waals surface area contributed by atoms with E-state index in [0.717, 1.165) is 4.28 Å². The molecule has 0 radical (unpaired) electrons. The van der Waals surface area contributed by atoms with Crippen molar-refractivity contribution in [3.63, 3.8) is 0 Å². The van der Waals surface area contributed by atoms with Gasteiger partial charge in [-0.1, -0.05) is 75.1 Å². The Labute approximate surface area is 89.5 Å². The van der Waals surface area contributed by atoms with Gasteiger partial charge in [-0.25, -0.2) is 0 Å².